The molecule has 1 aliphatic heterocycles. The highest BCUT2D eigenvalue weighted by Crippen LogP contribution is 2.27. The molecule has 1 atom stereocenters. The first-order chi connectivity index (χ1) is 12.8. The molecule has 3 rings (SSSR count). The molecule has 0 aromatic heterocycles. The van der Waals surface area contributed by atoms with Gasteiger partial charge in [-0.3, -0.25) is 14.6 Å². The zero-order valence-corrected chi connectivity index (χ0v) is 15.4. The van der Waals surface area contributed by atoms with Gasteiger partial charge in [0.15, 0.2) is 0 Å². The predicted molar refractivity (Wildman–Crippen MR) is 103 cm³/mol. The van der Waals surface area contributed by atoms with Crippen LogP contribution in [0.5, 0.6) is 0 Å². The zero-order valence-electron chi connectivity index (χ0n) is 15.4. The molecule has 2 amide bonds. The van der Waals surface area contributed by atoms with Crippen LogP contribution in [0.15, 0.2) is 47.6 Å². The minimum atomic E-state index is -0.790. The molecule has 1 unspecified atom stereocenters. The van der Waals surface area contributed by atoms with Crippen molar-refractivity contribution in [3.8, 4) is 0 Å². The molecule has 0 spiro atoms. The number of nitrogens with two attached hydrogens (primary N) is 1. The van der Waals surface area contributed by atoms with E-state index in [1.54, 1.807) is 7.05 Å². The van der Waals surface area contributed by atoms with Gasteiger partial charge in [-0.05, 0) is 55.3 Å². The van der Waals surface area contributed by atoms with Crippen molar-refractivity contribution in [3.05, 3.63) is 59.4 Å². The number of benzene rings is 2. The van der Waals surface area contributed by atoms with Gasteiger partial charge in [-0.1, -0.05) is 12.1 Å². The Bertz CT molecular complexity index is 924. The molecule has 0 aliphatic carbocycles. The lowest BCUT2D eigenvalue weighted by Gasteiger charge is -2.20. The molecule has 2 aromatic carbocycles. The molecule has 7 heteroatoms. The number of amides is 2. The monoisotopic (exact) mass is 368 g/mol. The Balaban J connectivity index is 1.92. The average molecular weight is 368 g/mol. The van der Waals surface area contributed by atoms with E-state index >= 15 is 0 Å². The van der Waals surface area contributed by atoms with E-state index in [-0.39, 0.29) is 18.0 Å². The van der Waals surface area contributed by atoms with E-state index in [1.807, 2.05) is 32.0 Å². The van der Waals surface area contributed by atoms with Crippen LogP contribution in [0.2, 0.25) is 0 Å². The van der Waals surface area contributed by atoms with Gasteiger partial charge in [0.25, 0.3) is 5.91 Å². The second-order valence-corrected chi connectivity index (χ2v) is 6.57. The third-order valence-electron chi connectivity index (χ3n) is 4.82. The third kappa shape index (κ3) is 3.53. The van der Waals surface area contributed by atoms with Gasteiger partial charge in [0.05, 0.1) is 5.69 Å². The molecule has 2 N–H and O–H groups in total. The second kappa shape index (κ2) is 7.19. The van der Waals surface area contributed by atoms with Gasteiger partial charge < -0.3 is 10.6 Å². The number of hydrogen-bond donors (Lipinski definition) is 1. The topological polar surface area (TPSA) is 79.0 Å². The number of hydrazone groups is 1. The summed E-state index contributed by atoms with van der Waals surface area (Å²) in [6.07, 6.45) is 0.0980. The molecule has 140 valence electrons. The molecule has 27 heavy (non-hydrogen) atoms. The van der Waals surface area contributed by atoms with Crippen molar-refractivity contribution in [2.75, 3.05) is 17.0 Å². The summed E-state index contributed by atoms with van der Waals surface area (Å²) in [5.41, 5.74) is 9.07. The highest BCUT2D eigenvalue weighted by atomic mass is 19.1. The maximum absolute atomic E-state index is 13.2. The Kier molecular flexibility index (Phi) is 4.94. The van der Waals surface area contributed by atoms with E-state index < -0.39 is 17.8 Å². The number of nitrogens with zero attached hydrogens (tertiary/aromatic N) is 3. The van der Waals surface area contributed by atoms with Gasteiger partial charge in [0.1, 0.15) is 17.6 Å². The van der Waals surface area contributed by atoms with Crippen LogP contribution < -0.4 is 15.6 Å². The fraction of sp³-hybridized carbons (Fsp3) is 0.250. The van der Waals surface area contributed by atoms with Crippen molar-refractivity contribution in [2.24, 2.45) is 10.8 Å². The largest absolute Gasteiger partial charge is 0.368 e. The minimum Gasteiger partial charge on any atom is -0.368 e. The van der Waals surface area contributed by atoms with E-state index in [2.05, 4.69) is 5.10 Å². The average Bonchev–Trinajstić information content (AvgIpc) is 3.09. The van der Waals surface area contributed by atoms with Crippen LogP contribution in [0.1, 0.15) is 17.5 Å². The SMILES string of the molecule is Cc1cccc(N(C)C(=O)C2=NN(c3ccc(F)cc3)C(C(N)=O)C2)c1C. The summed E-state index contributed by atoms with van der Waals surface area (Å²) < 4.78 is 13.2. The molecule has 1 aliphatic rings. The number of halogens is 1. The maximum atomic E-state index is 13.2. The van der Waals surface area contributed by atoms with Crippen LogP contribution in [0.25, 0.3) is 0 Å². The highest BCUT2D eigenvalue weighted by molar-refractivity contribution is 6.44. The summed E-state index contributed by atoms with van der Waals surface area (Å²) in [5.74, 6) is -1.30. The van der Waals surface area contributed by atoms with Crippen LogP contribution in [-0.4, -0.2) is 30.6 Å². The molecule has 6 nitrogen and oxygen atoms in total. The number of rotatable bonds is 4. The van der Waals surface area contributed by atoms with Crippen molar-refractivity contribution in [3.63, 3.8) is 0 Å². The molecule has 0 bridgehead atoms. The molecule has 1 heterocycles. The number of hydrogen-bond acceptors (Lipinski definition) is 4. The van der Waals surface area contributed by atoms with Crippen molar-refractivity contribution < 1.29 is 14.0 Å². The Labute approximate surface area is 157 Å². The van der Waals surface area contributed by atoms with Gasteiger partial charge >= 0.3 is 0 Å². The fourth-order valence-corrected chi connectivity index (χ4v) is 3.09. The first kappa shape index (κ1) is 18.6. The normalized spacial score (nSPS) is 16.2. The molecule has 2 aromatic rings. The fourth-order valence-electron chi connectivity index (χ4n) is 3.09. The van der Waals surface area contributed by atoms with Crippen molar-refractivity contribution >= 4 is 28.9 Å². The highest BCUT2D eigenvalue weighted by Gasteiger charge is 2.36. The second-order valence-electron chi connectivity index (χ2n) is 6.57. The smallest absolute Gasteiger partial charge is 0.274 e. The van der Waals surface area contributed by atoms with E-state index in [0.717, 1.165) is 16.8 Å². The standard InChI is InChI=1S/C20H21FN4O2/c1-12-5-4-6-17(13(12)2)24(3)20(27)16-11-18(19(22)26)25(23-16)15-9-7-14(21)8-10-15/h4-10,18H,11H2,1-3H3,(H2,22,26). The van der Waals surface area contributed by atoms with Crippen molar-refractivity contribution in [1.82, 2.24) is 0 Å². The molecule has 0 fully saturated rings. The zero-order chi connectivity index (χ0) is 19.7. The number of carbonyl (C=O) groups is 2. The Morgan fingerprint density at radius 3 is 2.48 bits per heavy atom. The van der Waals surface area contributed by atoms with E-state index in [1.165, 1.54) is 34.2 Å². The van der Waals surface area contributed by atoms with Crippen LogP contribution >= 0.6 is 0 Å². The van der Waals surface area contributed by atoms with Gasteiger partial charge in [-0.15, -0.1) is 0 Å². The number of aryl methyl sites for hydroxylation is 1. The van der Waals surface area contributed by atoms with E-state index in [4.69, 9.17) is 5.73 Å². The lowest BCUT2D eigenvalue weighted by atomic mass is 10.1. The number of anilines is 2. The summed E-state index contributed by atoms with van der Waals surface area (Å²) in [4.78, 5) is 26.4. The van der Waals surface area contributed by atoms with Crippen LogP contribution in [0, 0.1) is 19.7 Å². The third-order valence-corrected chi connectivity index (χ3v) is 4.82. The summed E-state index contributed by atoms with van der Waals surface area (Å²) in [5, 5.41) is 5.71. The predicted octanol–water partition coefficient (Wildman–Crippen LogP) is 2.53. The molecule has 0 saturated carbocycles. The lowest BCUT2D eigenvalue weighted by molar-refractivity contribution is -0.119. The van der Waals surface area contributed by atoms with E-state index in [9.17, 15) is 14.0 Å². The number of primary amides is 1. The molecular weight excluding hydrogens is 347 g/mol. The Morgan fingerprint density at radius 1 is 1.19 bits per heavy atom. The van der Waals surface area contributed by atoms with Gasteiger partial charge in [0, 0.05) is 19.2 Å². The van der Waals surface area contributed by atoms with Crippen LogP contribution in [0.4, 0.5) is 15.8 Å². The van der Waals surface area contributed by atoms with Crippen molar-refractivity contribution in [1.29, 1.82) is 0 Å². The summed E-state index contributed by atoms with van der Waals surface area (Å²) in [6, 6.07) is 10.5. The molecule has 0 radical (unpaired) electrons. The molecular formula is C20H21FN4O2. The van der Waals surface area contributed by atoms with E-state index in [0.29, 0.717) is 5.69 Å². The first-order valence-electron chi connectivity index (χ1n) is 8.55. The molecule has 0 saturated heterocycles. The van der Waals surface area contributed by atoms with Crippen LogP contribution in [0.3, 0.4) is 0 Å². The summed E-state index contributed by atoms with van der Waals surface area (Å²) >= 11 is 0. The van der Waals surface area contributed by atoms with Crippen molar-refractivity contribution in [2.45, 2.75) is 26.3 Å². The maximum Gasteiger partial charge on any atom is 0.274 e. The Morgan fingerprint density at radius 2 is 1.85 bits per heavy atom. The van der Waals surface area contributed by atoms with Gasteiger partial charge in [-0.2, -0.15) is 5.10 Å². The summed E-state index contributed by atoms with van der Waals surface area (Å²) in [7, 11) is 1.67. The minimum absolute atomic E-state index is 0.0980. The quantitative estimate of drug-likeness (QED) is 0.901. The van der Waals surface area contributed by atoms with Gasteiger partial charge in [0.2, 0.25) is 5.91 Å². The summed E-state index contributed by atoms with van der Waals surface area (Å²) in [6.45, 7) is 3.92. The lowest BCUT2D eigenvalue weighted by Crippen LogP contribution is -2.40. The van der Waals surface area contributed by atoms with Gasteiger partial charge in [-0.25, -0.2) is 4.39 Å². The Hall–Kier alpha value is -3.22. The first-order valence-corrected chi connectivity index (χ1v) is 8.55. The van der Waals surface area contributed by atoms with Crippen LogP contribution in [-0.2, 0) is 9.59 Å². The number of carbonyl (C=O) groups excluding carboxylic acids is 2.